The highest BCUT2D eigenvalue weighted by atomic mass is 32.1. The van der Waals surface area contributed by atoms with Gasteiger partial charge in [0, 0.05) is 5.69 Å². The zero-order chi connectivity index (χ0) is 17.1. The summed E-state index contributed by atoms with van der Waals surface area (Å²) in [4.78, 5) is 25.2. The molecule has 0 unspecified atom stereocenters. The van der Waals surface area contributed by atoms with Crippen LogP contribution in [0.25, 0.3) is 5.69 Å². The van der Waals surface area contributed by atoms with Gasteiger partial charge in [-0.05, 0) is 37.4 Å². The Morgan fingerprint density at radius 2 is 1.96 bits per heavy atom. The van der Waals surface area contributed by atoms with E-state index >= 15 is 0 Å². The van der Waals surface area contributed by atoms with Crippen molar-refractivity contribution < 1.29 is 4.79 Å². The SMILES string of the molecule is C/C(=N\NC(=O)c1cccs1)c1c(C)[nH]n(-c2ccccc2)c1=O. The highest BCUT2D eigenvalue weighted by molar-refractivity contribution is 7.12. The van der Waals surface area contributed by atoms with Crippen LogP contribution in [0.3, 0.4) is 0 Å². The topological polar surface area (TPSA) is 79.2 Å². The minimum Gasteiger partial charge on any atom is -0.295 e. The first-order valence-corrected chi connectivity index (χ1v) is 8.21. The van der Waals surface area contributed by atoms with Gasteiger partial charge in [0.15, 0.2) is 0 Å². The standard InChI is InChI=1S/C17H16N4O2S/c1-11(18-19-16(22)14-9-6-10-24-14)15-12(2)20-21(17(15)23)13-7-4-3-5-8-13/h3-10,20H,1-2H3,(H,19,22)/b18-11+. The fourth-order valence-electron chi connectivity index (χ4n) is 2.38. The summed E-state index contributed by atoms with van der Waals surface area (Å²) in [6.07, 6.45) is 0. The molecule has 0 spiro atoms. The number of carbonyl (C=O) groups is 1. The van der Waals surface area contributed by atoms with E-state index in [0.29, 0.717) is 21.8 Å². The Balaban J connectivity index is 1.89. The van der Waals surface area contributed by atoms with Gasteiger partial charge in [-0.2, -0.15) is 5.10 Å². The lowest BCUT2D eigenvalue weighted by molar-refractivity contribution is 0.0959. The van der Waals surface area contributed by atoms with Crippen LogP contribution >= 0.6 is 11.3 Å². The fraction of sp³-hybridized carbons (Fsp3) is 0.118. The van der Waals surface area contributed by atoms with Crippen molar-refractivity contribution in [2.45, 2.75) is 13.8 Å². The summed E-state index contributed by atoms with van der Waals surface area (Å²) in [5.41, 5.74) is 4.62. The number of nitrogens with one attached hydrogen (secondary N) is 2. The van der Waals surface area contributed by atoms with Crippen molar-refractivity contribution in [3.8, 4) is 5.69 Å². The van der Waals surface area contributed by atoms with Gasteiger partial charge in [0.2, 0.25) is 0 Å². The van der Waals surface area contributed by atoms with Gasteiger partial charge in [-0.1, -0.05) is 24.3 Å². The van der Waals surface area contributed by atoms with E-state index in [2.05, 4.69) is 15.6 Å². The molecule has 2 N–H and O–H groups in total. The average Bonchev–Trinajstić information content (AvgIpc) is 3.22. The Labute approximate surface area is 142 Å². The lowest BCUT2D eigenvalue weighted by Gasteiger charge is -2.00. The molecule has 122 valence electrons. The molecule has 0 aliphatic carbocycles. The quantitative estimate of drug-likeness (QED) is 0.566. The van der Waals surface area contributed by atoms with Crippen molar-refractivity contribution >= 4 is 23.0 Å². The van der Waals surface area contributed by atoms with Gasteiger partial charge in [-0.3, -0.25) is 14.7 Å². The van der Waals surface area contributed by atoms with Crippen molar-refractivity contribution in [2.75, 3.05) is 0 Å². The number of thiophene rings is 1. The smallest absolute Gasteiger partial charge is 0.281 e. The van der Waals surface area contributed by atoms with Crippen LogP contribution < -0.4 is 11.0 Å². The first-order valence-electron chi connectivity index (χ1n) is 7.33. The Hall–Kier alpha value is -2.93. The highest BCUT2D eigenvalue weighted by Crippen LogP contribution is 2.09. The van der Waals surface area contributed by atoms with Crippen LogP contribution in [-0.2, 0) is 0 Å². The van der Waals surface area contributed by atoms with E-state index in [0.717, 1.165) is 5.69 Å². The molecule has 7 heteroatoms. The molecule has 2 aromatic heterocycles. The maximum atomic E-state index is 12.6. The van der Waals surface area contributed by atoms with E-state index in [-0.39, 0.29) is 11.5 Å². The van der Waals surface area contributed by atoms with Crippen LogP contribution in [0.1, 0.15) is 27.9 Å². The number of aromatic nitrogens is 2. The molecule has 2 heterocycles. The maximum absolute atomic E-state index is 12.6. The Kier molecular flexibility index (Phi) is 4.43. The summed E-state index contributed by atoms with van der Waals surface area (Å²) in [5.74, 6) is -0.291. The molecule has 3 rings (SSSR count). The molecular formula is C17H16N4O2S. The minimum absolute atomic E-state index is 0.203. The number of aromatic amines is 1. The Morgan fingerprint density at radius 3 is 2.62 bits per heavy atom. The zero-order valence-electron chi connectivity index (χ0n) is 13.2. The number of H-pyrrole nitrogens is 1. The maximum Gasteiger partial charge on any atom is 0.281 e. The van der Waals surface area contributed by atoms with Crippen molar-refractivity contribution in [3.63, 3.8) is 0 Å². The summed E-state index contributed by atoms with van der Waals surface area (Å²) in [7, 11) is 0. The molecule has 24 heavy (non-hydrogen) atoms. The summed E-state index contributed by atoms with van der Waals surface area (Å²) in [5, 5.41) is 8.93. The number of nitrogens with zero attached hydrogens (tertiary/aromatic N) is 2. The van der Waals surface area contributed by atoms with Crippen LogP contribution in [0.4, 0.5) is 0 Å². The second kappa shape index (κ2) is 6.67. The second-order valence-corrected chi connectivity index (χ2v) is 6.15. The number of amides is 1. The van der Waals surface area contributed by atoms with Gasteiger partial charge in [0.1, 0.15) is 0 Å². The van der Waals surface area contributed by atoms with Crippen LogP contribution in [-0.4, -0.2) is 21.4 Å². The predicted molar refractivity (Wildman–Crippen MR) is 95.1 cm³/mol. The monoisotopic (exact) mass is 340 g/mol. The average molecular weight is 340 g/mol. The number of hydrogen-bond donors (Lipinski definition) is 2. The Morgan fingerprint density at radius 1 is 1.21 bits per heavy atom. The van der Waals surface area contributed by atoms with Crippen molar-refractivity contribution in [1.29, 1.82) is 0 Å². The van der Waals surface area contributed by atoms with Gasteiger partial charge in [0.05, 0.1) is 21.8 Å². The van der Waals surface area contributed by atoms with Crippen molar-refractivity contribution in [3.05, 3.63) is 74.3 Å². The van der Waals surface area contributed by atoms with Crippen molar-refractivity contribution in [1.82, 2.24) is 15.2 Å². The summed E-state index contributed by atoms with van der Waals surface area (Å²) in [6, 6.07) is 12.8. The number of hydrazone groups is 1. The third kappa shape index (κ3) is 3.07. The zero-order valence-corrected chi connectivity index (χ0v) is 14.1. The predicted octanol–water partition coefficient (Wildman–Crippen LogP) is 2.69. The summed E-state index contributed by atoms with van der Waals surface area (Å²) < 4.78 is 1.46. The summed E-state index contributed by atoms with van der Waals surface area (Å²) >= 11 is 1.33. The van der Waals surface area contributed by atoms with Crippen LogP contribution in [0.15, 0.2) is 57.7 Å². The third-order valence-electron chi connectivity index (χ3n) is 3.52. The van der Waals surface area contributed by atoms with Crippen LogP contribution in [0.2, 0.25) is 0 Å². The van der Waals surface area contributed by atoms with E-state index in [1.807, 2.05) is 35.7 Å². The van der Waals surface area contributed by atoms with Crippen LogP contribution in [0, 0.1) is 6.92 Å². The third-order valence-corrected chi connectivity index (χ3v) is 4.39. The number of para-hydroxylation sites is 1. The molecule has 0 aliphatic rings. The molecule has 6 nitrogen and oxygen atoms in total. The molecule has 0 radical (unpaired) electrons. The van der Waals surface area contributed by atoms with Crippen molar-refractivity contribution in [2.24, 2.45) is 5.10 Å². The molecule has 0 aliphatic heterocycles. The first kappa shape index (κ1) is 15.9. The molecular weight excluding hydrogens is 324 g/mol. The Bertz CT molecular complexity index is 937. The fourth-order valence-corrected chi connectivity index (χ4v) is 3.00. The molecule has 0 saturated heterocycles. The molecule has 0 bridgehead atoms. The number of aryl methyl sites for hydroxylation is 1. The first-order chi connectivity index (χ1) is 11.6. The van der Waals surface area contributed by atoms with Gasteiger partial charge >= 0.3 is 0 Å². The molecule has 1 aromatic carbocycles. The largest absolute Gasteiger partial charge is 0.295 e. The minimum atomic E-state index is -0.291. The molecule has 3 aromatic rings. The van der Waals surface area contributed by atoms with E-state index in [9.17, 15) is 9.59 Å². The van der Waals surface area contributed by atoms with Gasteiger partial charge in [0.25, 0.3) is 11.5 Å². The second-order valence-electron chi connectivity index (χ2n) is 5.20. The molecule has 1 amide bonds. The summed E-state index contributed by atoms with van der Waals surface area (Å²) in [6.45, 7) is 3.50. The number of carbonyl (C=O) groups excluding carboxylic acids is 1. The van der Waals surface area contributed by atoms with Gasteiger partial charge in [-0.15, -0.1) is 11.3 Å². The van der Waals surface area contributed by atoms with Crippen LogP contribution in [0.5, 0.6) is 0 Å². The number of hydrogen-bond acceptors (Lipinski definition) is 4. The van der Waals surface area contributed by atoms with E-state index in [1.165, 1.54) is 16.0 Å². The normalized spacial score (nSPS) is 11.5. The highest BCUT2D eigenvalue weighted by Gasteiger charge is 2.15. The lowest BCUT2D eigenvalue weighted by Crippen LogP contribution is -2.23. The lowest BCUT2D eigenvalue weighted by atomic mass is 10.2. The van der Waals surface area contributed by atoms with E-state index in [4.69, 9.17) is 0 Å². The van der Waals surface area contributed by atoms with E-state index < -0.39 is 0 Å². The molecule has 0 atom stereocenters. The molecule has 0 fully saturated rings. The number of rotatable bonds is 4. The van der Waals surface area contributed by atoms with Gasteiger partial charge < -0.3 is 0 Å². The van der Waals surface area contributed by atoms with Gasteiger partial charge in [-0.25, -0.2) is 10.1 Å². The number of benzene rings is 1. The molecule has 0 saturated carbocycles. The van der Waals surface area contributed by atoms with E-state index in [1.54, 1.807) is 26.0 Å².